The second-order valence-electron chi connectivity index (χ2n) is 8.73. The van der Waals surface area contributed by atoms with Gasteiger partial charge in [0.05, 0.1) is 4.90 Å². The van der Waals surface area contributed by atoms with Gasteiger partial charge in [-0.05, 0) is 69.4 Å². The summed E-state index contributed by atoms with van der Waals surface area (Å²) in [7, 11) is -3.57. The zero-order chi connectivity index (χ0) is 23.2. The first kappa shape index (κ1) is 22.7. The van der Waals surface area contributed by atoms with Gasteiger partial charge in [0.15, 0.2) is 0 Å². The van der Waals surface area contributed by atoms with E-state index in [1.807, 2.05) is 20.8 Å². The fraction of sp³-hybridized carbons (Fsp3) is 0.409. The van der Waals surface area contributed by atoms with Crippen molar-refractivity contribution in [2.75, 3.05) is 5.32 Å². The van der Waals surface area contributed by atoms with Crippen LogP contribution in [0.4, 0.5) is 11.6 Å². The Morgan fingerprint density at radius 1 is 1.22 bits per heavy atom. The van der Waals surface area contributed by atoms with Crippen molar-refractivity contribution in [2.24, 2.45) is 5.92 Å². The number of nitrogens with zero attached hydrogens (tertiary/aromatic N) is 3. The van der Waals surface area contributed by atoms with Crippen molar-refractivity contribution in [1.29, 1.82) is 0 Å². The molecule has 0 saturated heterocycles. The van der Waals surface area contributed by atoms with Gasteiger partial charge in [0.2, 0.25) is 16.0 Å². The van der Waals surface area contributed by atoms with Gasteiger partial charge in [-0.25, -0.2) is 18.1 Å². The maximum atomic E-state index is 12.7. The van der Waals surface area contributed by atoms with Crippen LogP contribution < -0.4 is 15.6 Å². The molecule has 3 aromatic rings. The first-order valence-electron chi connectivity index (χ1n) is 10.5. The number of halogens is 1. The lowest BCUT2D eigenvalue weighted by Gasteiger charge is -2.32. The maximum absolute atomic E-state index is 12.7. The fourth-order valence-corrected chi connectivity index (χ4v) is 5.53. The highest BCUT2D eigenvalue weighted by Crippen LogP contribution is 2.29. The van der Waals surface area contributed by atoms with Crippen LogP contribution in [0.5, 0.6) is 0 Å². The molecule has 0 spiro atoms. The fourth-order valence-electron chi connectivity index (χ4n) is 3.98. The number of hydrogen-bond donors (Lipinski definition) is 2. The average Bonchev–Trinajstić information content (AvgIpc) is 2.69. The molecule has 0 bridgehead atoms. The molecule has 1 aliphatic carbocycles. The molecule has 0 radical (unpaired) electrons. The van der Waals surface area contributed by atoms with Crippen LogP contribution >= 0.6 is 11.6 Å². The third-order valence-electron chi connectivity index (χ3n) is 5.70. The van der Waals surface area contributed by atoms with Crippen molar-refractivity contribution in [3.63, 3.8) is 0 Å². The first-order chi connectivity index (χ1) is 15.0. The van der Waals surface area contributed by atoms with Gasteiger partial charge < -0.3 is 5.32 Å². The van der Waals surface area contributed by atoms with Crippen LogP contribution in [-0.2, 0) is 10.0 Å². The van der Waals surface area contributed by atoms with Crippen LogP contribution in [-0.4, -0.2) is 29.0 Å². The zero-order valence-corrected chi connectivity index (χ0v) is 20.0. The van der Waals surface area contributed by atoms with Crippen LogP contribution in [0.1, 0.15) is 45.2 Å². The number of pyridine rings is 1. The van der Waals surface area contributed by atoms with Crippen LogP contribution in [0.3, 0.4) is 0 Å². The highest BCUT2D eigenvalue weighted by molar-refractivity contribution is 7.89. The molecule has 1 aliphatic rings. The molecule has 32 heavy (non-hydrogen) atoms. The van der Waals surface area contributed by atoms with Crippen LogP contribution in [0.15, 0.2) is 40.2 Å². The topological polar surface area (TPSA) is 106 Å². The molecule has 0 unspecified atom stereocenters. The number of fused-ring (bicyclic) bond motifs is 1. The SMILES string of the molecule is Cc1cc(S(=O)(=O)N[C@H]2C[C@H](C)C2)ccc1Nc1ncc2cc(Cl)c(=O)n(C(C)C)c2n1. The van der Waals surface area contributed by atoms with Gasteiger partial charge >= 0.3 is 0 Å². The van der Waals surface area contributed by atoms with Crippen molar-refractivity contribution in [1.82, 2.24) is 19.3 Å². The zero-order valence-electron chi connectivity index (χ0n) is 18.4. The minimum Gasteiger partial charge on any atom is -0.324 e. The molecule has 0 atom stereocenters. The van der Waals surface area contributed by atoms with Gasteiger partial charge in [-0.15, -0.1) is 0 Å². The van der Waals surface area contributed by atoms with Crippen LogP contribution in [0, 0.1) is 12.8 Å². The second kappa shape index (κ2) is 8.46. The molecule has 2 heterocycles. The van der Waals surface area contributed by atoms with Crippen molar-refractivity contribution in [3.05, 3.63) is 51.4 Å². The van der Waals surface area contributed by atoms with E-state index in [2.05, 4.69) is 26.9 Å². The number of aromatic nitrogens is 3. The first-order valence-corrected chi connectivity index (χ1v) is 12.4. The molecule has 2 aromatic heterocycles. The molecule has 0 amide bonds. The Morgan fingerprint density at radius 2 is 1.94 bits per heavy atom. The highest BCUT2D eigenvalue weighted by Gasteiger charge is 2.30. The van der Waals surface area contributed by atoms with Crippen molar-refractivity contribution >= 4 is 44.3 Å². The van der Waals surface area contributed by atoms with E-state index in [9.17, 15) is 13.2 Å². The summed E-state index contributed by atoms with van der Waals surface area (Å²) < 4.78 is 29.6. The third-order valence-corrected chi connectivity index (χ3v) is 7.49. The molecule has 1 aromatic carbocycles. The summed E-state index contributed by atoms with van der Waals surface area (Å²) in [5.74, 6) is 0.856. The predicted octanol–water partition coefficient (Wildman–Crippen LogP) is 4.15. The number of sulfonamides is 1. The van der Waals surface area contributed by atoms with E-state index in [1.165, 1.54) is 4.57 Å². The van der Waals surface area contributed by atoms with Crippen molar-refractivity contribution in [3.8, 4) is 0 Å². The van der Waals surface area contributed by atoms with Gasteiger partial charge in [0.1, 0.15) is 10.7 Å². The summed E-state index contributed by atoms with van der Waals surface area (Å²) >= 11 is 6.07. The summed E-state index contributed by atoms with van der Waals surface area (Å²) in [5.41, 5.74) is 1.57. The average molecular weight is 476 g/mol. The Balaban J connectivity index is 1.62. The highest BCUT2D eigenvalue weighted by atomic mass is 35.5. The Morgan fingerprint density at radius 3 is 2.56 bits per heavy atom. The Kier molecular flexibility index (Phi) is 6.00. The van der Waals surface area contributed by atoms with E-state index in [4.69, 9.17) is 11.6 Å². The Labute approximate surface area is 192 Å². The van der Waals surface area contributed by atoms with Gasteiger partial charge in [-0.2, -0.15) is 4.98 Å². The van der Waals surface area contributed by atoms with Crippen LogP contribution in [0.25, 0.3) is 11.0 Å². The molecular weight excluding hydrogens is 450 g/mol. The lowest BCUT2D eigenvalue weighted by atomic mass is 9.83. The van der Waals surface area contributed by atoms with E-state index in [-0.39, 0.29) is 27.6 Å². The minimum absolute atomic E-state index is 0.00571. The molecule has 10 heteroatoms. The molecular formula is C22H26ClN5O3S. The standard InChI is InChI=1S/C22H26ClN5O3S/c1-12(2)28-20-15(10-18(23)21(28)29)11-24-22(26-20)25-19-6-5-17(9-14(19)4)32(30,31)27-16-7-13(3)8-16/h5-6,9-13,16,27H,7-8H2,1-4H3,(H,24,25,26)/t13-,16-. The number of hydrogen-bond acceptors (Lipinski definition) is 6. The predicted molar refractivity (Wildman–Crippen MR) is 126 cm³/mol. The summed E-state index contributed by atoms with van der Waals surface area (Å²) in [6, 6.07) is 6.30. The van der Waals surface area contributed by atoms with Gasteiger partial charge in [-0.3, -0.25) is 9.36 Å². The number of anilines is 2. The molecule has 0 aliphatic heterocycles. The summed E-state index contributed by atoms with van der Waals surface area (Å²) in [6.45, 7) is 7.69. The summed E-state index contributed by atoms with van der Waals surface area (Å²) in [4.78, 5) is 21.6. The van der Waals surface area contributed by atoms with E-state index in [0.717, 1.165) is 18.4 Å². The van der Waals surface area contributed by atoms with Gasteiger partial charge in [-0.1, -0.05) is 18.5 Å². The third kappa shape index (κ3) is 4.37. The minimum atomic E-state index is -3.57. The number of aryl methyl sites for hydroxylation is 1. The van der Waals surface area contributed by atoms with Gasteiger partial charge in [0.25, 0.3) is 5.56 Å². The molecule has 1 saturated carbocycles. The molecule has 8 nitrogen and oxygen atoms in total. The number of rotatable bonds is 6. The Hall–Kier alpha value is -2.49. The van der Waals surface area contributed by atoms with Crippen LogP contribution in [0.2, 0.25) is 5.02 Å². The number of nitrogens with one attached hydrogen (secondary N) is 2. The van der Waals surface area contributed by atoms with Crippen molar-refractivity contribution in [2.45, 2.75) is 57.5 Å². The summed E-state index contributed by atoms with van der Waals surface area (Å²) in [5, 5.41) is 3.90. The van der Waals surface area contributed by atoms with Crippen molar-refractivity contribution < 1.29 is 8.42 Å². The molecule has 1 fully saturated rings. The molecule has 2 N–H and O–H groups in total. The molecule has 4 rings (SSSR count). The quantitative estimate of drug-likeness (QED) is 0.554. The van der Waals surface area contributed by atoms with Gasteiger partial charge in [0, 0.05) is 29.4 Å². The Bertz CT molecular complexity index is 1350. The van der Waals surface area contributed by atoms with E-state index in [1.54, 1.807) is 30.5 Å². The number of benzene rings is 1. The van der Waals surface area contributed by atoms with E-state index >= 15 is 0 Å². The monoisotopic (exact) mass is 475 g/mol. The lowest BCUT2D eigenvalue weighted by molar-refractivity contribution is 0.270. The van der Waals surface area contributed by atoms with E-state index in [0.29, 0.717) is 28.6 Å². The largest absolute Gasteiger partial charge is 0.324 e. The smallest absolute Gasteiger partial charge is 0.271 e. The lowest BCUT2D eigenvalue weighted by Crippen LogP contribution is -2.43. The second-order valence-corrected chi connectivity index (χ2v) is 10.9. The normalized spacial score (nSPS) is 18.7. The van der Waals surface area contributed by atoms with E-state index < -0.39 is 10.0 Å². The molecule has 170 valence electrons. The maximum Gasteiger partial charge on any atom is 0.271 e. The summed E-state index contributed by atoms with van der Waals surface area (Å²) in [6.07, 6.45) is 3.33.